The maximum absolute atomic E-state index is 11.2. The van der Waals surface area contributed by atoms with Crippen LogP contribution in [0, 0.1) is 0 Å². The van der Waals surface area contributed by atoms with Crippen LogP contribution in [0.3, 0.4) is 0 Å². The first-order chi connectivity index (χ1) is 9.08. The Morgan fingerprint density at radius 3 is 2.74 bits per heavy atom. The fraction of sp³-hybridized carbons (Fsp3) is 0.0769. The van der Waals surface area contributed by atoms with E-state index in [4.69, 9.17) is 33.7 Å². The Kier molecular flexibility index (Phi) is 4.24. The van der Waals surface area contributed by atoms with Crippen molar-refractivity contribution in [3.05, 3.63) is 57.8 Å². The predicted molar refractivity (Wildman–Crippen MR) is 73.5 cm³/mol. The molecule has 0 aliphatic rings. The summed E-state index contributed by atoms with van der Waals surface area (Å²) in [6.07, 6.45) is 1.53. The number of benzene rings is 1. The van der Waals surface area contributed by atoms with Crippen LogP contribution in [0.25, 0.3) is 0 Å². The molecule has 0 atom stereocenters. The molecule has 2 rings (SSSR count). The van der Waals surface area contributed by atoms with Crippen molar-refractivity contribution in [2.75, 3.05) is 0 Å². The van der Waals surface area contributed by atoms with Crippen LogP contribution in [0.15, 0.2) is 36.5 Å². The fourth-order valence-electron chi connectivity index (χ4n) is 1.49. The normalized spacial score (nSPS) is 10.2. The lowest BCUT2D eigenvalue weighted by Crippen LogP contribution is -2.13. The Balaban J connectivity index is 2.17. The summed E-state index contributed by atoms with van der Waals surface area (Å²) in [4.78, 5) is 15.2. The zero-order valence-electron chi connectivity index (χ0n) is 9.77. The summed E-state index contributed by atoms with van der Waals surface area (Å²) >= 11 is 11.7. The molecule has 0 spiro atoms. The van der Waals surface area contributed by atoms with Crippen LogP contribution in [0.5, 0.6) is 5.75 Å². The summed E-state index contributed by atoms with van der Waals surface area (Å²) in [5.41, 5.74) is 6.25. The lowest BCUT2D eigenvalue weighted by molar-refractivity contribution is 0.0996. The largest absolute Gasteiger partial charge is 0.488 e. The van der Waals surface area contributed by atoms with Crippen LogP contribution >= 0.6 is 23.2 Å². The van der Waals surface area contributed by atoms with Crippen molar-refractivity contribution < 1.29 is 9.53 Å². The van der Waals surface area contributed by atoms with Gasteiger partial charge in [0.2, 0.25) is 0 Å². The smallest absolute Gasteiger partial charge is 0.252 e. The molecular weight excluding hydrogens is 287 g/mol. The number of amides is 1. The van der Waals surface area contributed by atoms with Gasteiger partial charge in [-0.1, -0.05) is 35.3 Å². The molecule has 0 unspecified atom stereocenters. The van der Waals surface area contributed by atoms with E-state index in [9.17, 15) is 4.79 Å². The van der Waals surface area contributed by atoms with E-state index in [2.05, 4.69) is 4.98 Å². The minimum absolute atomic E-state index is 0.174. The standard InChI is InChI=1S/C13H10Cl2N2O2/c14-10-5-12(15)17-6-8(10)7-19-11-4-2-1-3-9(11)13(16)18/h1-6H,7H2,(H2,16,18). The Morgan fingerprint density at radius 2 is 2.05 bits per heavy atom. The van der Waals surface area contributed by atoms with Crippen molar-refractivity contribution in [3.8, 4) is 5.75 Å². The first kappa shape index (κ1) is 13.6. The summed E-state index contributed by atoms with van der Waals surface area (Å²) in [5, 5.41) is 0.767. The Bertz CT molecular complexity index is 617. The van der Waals surface area contributed by atoms with Gasteiger partial charge in [0.1, 0.15) is 17.5 Å². The average Bonchev–Trinajstić information content (AvgIpc) is 2.38. The lowest BCUT2D eigenvalue weighted by atomic mass is 10.2. The molecule has 2 aromatic rings. The number of nitrogens with two attached hydrogens (primary N) is 1. The van der Waals surface area contributed by atoms with Crippen LogP contribution in [-0.4, -0.2) is 10.9 Å². The number of halogens is 2. The van der Waals surface area contributed by atoms with Crippen molar-refractivity contribution in [2.24, 2.45) is 5.73 Å². The van der Waals surface area contributed by atoms with Crippen LogP contribution in [-0.2, 0) is 6.61 Å². The van der Waals surface area contributed by atoms with Gasteiger partial charge < -0.3 is 10.5 Å². The van der Waals surface area contributed by atoms with Gasteiger partial charge in [0.05, 0.1) is 10.6 Å². The van der Waals surface area contributed by atoms with Gasteiger partial charge in [0, 0.05) is 11.8 Å². The van der Waals surface area contributed by atoms with Gasteiger partial charge in [-0.05, 0) is 18.2 Å². The molecule has 1 aromatic heterocycles. The van der Waals surface area contributed by atoms with Gasteiger partial charge in [-0.3, -0.25) is 4.79 Å². The number of ether oxygens (including phenoxy) is 1. The molecule has 1 amide bonds. The molecule has 19 heavy (non-hydrogen) atoms. The molecule has 0 fully saturated rings. The number of hydrogen-bond acceptors (Lipinski definition) is 3. The van der Waals surface area contributed by atoms with Crippen molar-refractivity contribution in [2.45, 2.75) is 6.61 Å². The summed E-state index contributed by atoms with van der Waals surface area (Å²) in [6.45, 7) is 0.174. The predicted octanol–water partition coefficient (Wildman–Crippen LogP) is 3.07. The van der Waals surface area contributed by atoms with E-state index < -0.39 is 5.91 Å². The maximum atomic E-state index is 11.2. The molecule has 0 bridgehead atoms. The van der Waals surface area contributed by atoms with Gasteiger partial charge in [-0.2, -0.15) is 0 Å². The quantitative estimate of drug-likeness (QED) is 0.882. The van der Waals surface area contributed by atoms with Gasteiger partial charge in [-0.25, -0.2) is 4.98 Å². The molecule has 98 valence electrons. The summed E-state index contributed by atoms with van der Waals surface area (Å²) in [7, 11) is 0. The van der Waals surface area contributed by atoms with E-state index in [0.717, 1.165) is 0 Å². The van der Waals surface area contributed by atoms with E-state index in [1.54, 1.807) is 24.3 Å². The minimum Gasteiger partial charge on any atom is -0.488 e. The number of carbonyl (C=O) groups excluding carboxylic acids is 1. The first-order valence-electron chi connectivity index (χ1n) is 5.39. The molecule has 4 nitrogen and oxygen atoms in total. The van der Waals surface area contributed by atoms with Gasteiger partial charge >= 0.3 is 0 Å². The molecule has 1 aromatic carbocycles. The Labute approximate surface area is 120 Å². The van der Waals surface area contributed by atoms with Crippen molar-refractivity contribution in [1.29, 1.82) is 0 Å². The second-order valence-corrected chi connectivity index (χ2v) is 4.54. The highest BCUT2D eigenvalue weighted by Crippen LogP contribution is 2.22. The highest BCUT2D eigenvalue weighted by molar-refractivity contribution is 6.34. The molecular formula is C13H10Cl2N2O2. The fourth-order valence-corrected chi connectivity index (χ4v) is 1.91. The zero-order valence-corrected chi connectivity index (χ0v) is 11.3. The van der Waals surface area contributed by atoms with Crippen LogP contribution in [0.2, 0.25) is 10.2 Å². The number of aromatic nitrogens is 1. The van der Waals surface area contributed by atoms with Crippen molar-refractivity contribution in [1.82, 2.24) is 4.98 Å². The van der Waals surface area contributed by atoms with Crippen LogP contribution in [0.1, 0.15) is 15.9 Å². The second-order valence-electron chi connectivity index (χ2n) is 3.75. The van der Waals surface area contributed by atoms with E-state index in [1.807, 2.05) is 0 Å². The van der Waals surface area contributed by atoms with Gasteiger partial charge in [0.15, 0.2) is 0 Å². The molecule has 2 N–H and O–H groups in total. The molecule has 0 aliphatic heterocycles. The van der Waals surface area contributed by atoms with E-state index in [1.165, 1.54) is 12.3 Å². The number of hydrogen-bond donors (Lipinski definition) is 1. The van der Waals surface area contributed by atoms with Crippen molar-refractivity contribution in [3.63, 3.8) is 0 Å². The number of carbonyl (C=O) groups is 1. The highest BCUT2D eigenvalue weighted by Gasteiger charge is 2.09. The molecule has 0 radical (unpaired) electrons. The monoisotopic (exact) mass is 296 g/mol. The van der Waals surface area contributed by atoms with E-state index in [-0.39, 0.29) is 6.61 Å². The third-order valence-corrected chi connectivity index (χ3v) is 2.99. The minimum atomic E-state index is -0.545. The summed E-state index contributed by atoms with van der Waals surface area (Å²) in [5.74, 6) is -0.142. The van der Waals surface area contributed by atoms with E-state index >= 15 is 0 Å². The number of nitrogens with zero attached hydrogens (tertiary/aromatic N) is 1. The molecule has 0 saturated heterocycles. The third-order valence-electron chi connectivity index (χ3n) is 2.43. The summed E-state index contributed by atoms with van der Waals surface area (Å²) < 4.78 is 5.54. The molecule has 1 heterocycles. The third kappa shape index (κ3) is 3.36. The second kappa shape index (κ2) is 5.91. The van der Waals surface area contributed by atoms with Gasteiger partial charge in [-0.15, -0.1) is 0 Å². The van der Waals surface area contributed by atoms with Crippen LogP contribution < -0.4 is 10.5 Å². The van der Waals surface area contributed by atoms with Crippen molar-refractivity contribution >= 4 is 29.1 Å². The first-order valence-corrected chi connectivity index (χ1v) is 6.15. The molecule has 6 heteroatoms. The van der Waals surface area contributed by atoms with Gasteiger partial charge in [0.25, 0.3) is 5.91 Å². The van der Waals surface area contributed by atoms with Crippen LogP contribution in [0.4, 0.5) is 0 Å². The lowest BCUT2D eigenvalue weighted by Gasteiger charge is -2.10. The van der Waals surface area contributed by atoms with E-state index in [0.29, 0.717) is 27.1 Å². The molecule has 0 saturated carbocycles. The number of para-hydroxylation sites is 1. The number of pyridine rings is 1. The number of primary amides is 1. The highest BCUT2D eigenvalue weighted by atomic mass is 35.5. The average molecular weight is 297 g/mol. The summed E-state index contributed by atoms with van der Waals surface area (Å²) in [6, 6.07) is 8.26. The zero-order chi connectivity index (χ0) is 13.8. The topological polar surface area (TPSA) is 65.2 Å². The Morgan fingerprint density at radius 1 is 1.32 bits per heavy atom. The molecule has 0 aliphatic carbocycles. The number of rotatable bonds is 4. The SMILES string of the molecule is NC(=O)c1ccccc1OCc1cnc(Cl)cc1Cl. The Hall–Kier alpha value is -1.78. The maximum Gasteiger partial charge on any atom is 0.252 e.